The highest BCUT2D eigenvalue weighted by Gasteiger charge is 2.25. The number of nitrogens with one attached hydrogen (secondary N) is 3. The Bertz CT molecular complexity index is 625. The van der Waals surface area contributed by atoms with Gasteiger partial charge in [0.05, 0.1) is 12.6 Å². The molecule has 13 nitrogen and oxygen atoms in total. The predicted molar refractivity (Wildman–Crippen MR) is 92.7 cm³/mol. The van der Waals surface area contributed by atoms with Gasteiger partial charge in [0.15, 0.2) is 6.04 Å². The van der Waals surface area contributed by atoms with Gasteiger partial charge in [0, 0.05) is 33.1 Å². The number of aliphatic carboxylic acids is 1. The van der Waals surface area contributed by atoms with Crippen LogP contribution in [0.15, 0.2) is 4.42 Å². The van der Waals surface area contributed by atoms with Gasteiger partial charge in [-0.15, -0.1) is 5.10 Å². The summed E-state index contributed by atoms with van der Waals surface area (Å²) in [5.41, 5.74) is 4.47. The van der Waals surface area contributed by atoms with Crippen LogP contribution in [0.25, 0.3) is 0 Å². The van der Waals surface area contributed by atoms with E-state index in [0.717, 1.165) is 26.2 Å². The second-order valence-corrected chi connectivity index (χ2v) is 5.71. The van der Waals surface area contributed by atoms with Crippen LogP contribution >= 0.6 is 0 Å². The van der Waals surface area contributed by atoms with E-state index in [1.165, 1.54) is 13.8 Å². The zero-order valence-corrected chi connectivity index (χ0v) is 15.1. The molecule has 3 amide bonds. The molecule has 1 aliphatic rings. The molecule has 0 radical (unpaired) electrons. The van der Waals surface area contributed by atoms with E-state index in [4.69, 9.17) is 9.52 Å². The van der Waals surface area contributed by atoms with Crippen molar-refractivity contribution in [3.05, 3.63) is 5.89 Å². The van der Waals surface area contributed by atoms with Gasteiger partial charge in [-0.1, -0.05) is 5.10 Å². The summed E-state index contributed by atoms with van der Waals surface area (Å²) in [6.45, 7) is 5.70. The number of amides is 3. The smallest absolute Gasteiger partial charge is 0.328 e. The number of nitrogens with two attached hydrogens (primary N) is 1. The summed E-state index contributed by atoms with van der Waals surface area (Å²) < 4.78 is 5.44. The summed E-state index contributed by atoms with van der Waals surface area (Å²) in [4.78, 5) is 33.7. The maximum Gasteiger partial charge on any atom is 0.328 e. The zero-order valence-electron chi connectivity index (χ0n) is 15.1. The number of carboxylic acid groups (broad SMARTS) is 1. The van der Waals surface area contributed by atoms with Gasteiger partial charge >= 0.3 is 18.0 Å². The minimum Gasteiger partial charge on any atom is -0.480 e. The van der Waals surface area contributed by atoms with Crippen LogP contribution < -0.4 is 26.6 Å². The number of piperazine rings is 1. The van der Waals surface area contributed by atoms with Gasteiger partial charge in [0.25, 0.3) is 0 Å². The number of carboxylic acids is 1. The standard InChI is InChI=1S/C12H20N6O5.C2H5NO/c1-7(19)9(10(20)21)15-11(22)14-6-8-16-17-12(23-8)18-4-2-13-3-5-18;1-2(3)4/h7,9,13,19H,2-6H2,1H3,(H,20,21)(H2,14,15,22);1H3,(H2,3,4). The minimum absolute atomic E-state index is 0.0446. The lowest BCUT2D eigenvalue weighted by molar-refractivity contribution is -0.141. The quantitative estimate of drug-likeness (QED) is 0.306. The molecule has 1 aromatic rings. The van der Waals surface area contributed by atoms with Crippen LogP contribution in [0.3, 0.4) is 0 Å². The molecular formula is C14H25N7O6. The second kappa shape index (κ2) is 10.9. The van der Waals surface area contributed by atoms with E-state index in [1.54, 1.807) is 0 Å². The summed E-state index contributed by atoms with van der Waals surface area (Å²) in [5, 5.41) is 33.7. The molecule has 27 heavy (non-hydrogen) atoms. The summed E-state index contributed by atoms with van der Waals surface area (Å²) >= 11 is 0. The number of hydrogen-bond acceptors (Lipinski definition) is 9. The molecule has 2 rings (SSSR count). The van der Waals surface area contributed by atoms with Crippen LogP contribution in [0.5, 0.6) is 0 Å². The number of aliphatic hydroxyl groups excluding tert-OH is 1. The molecule has 0 spiro atoms. The molecule has 1 aromatic heterocycles. The van der Waals surface area contributed by atoms with Crippen LogP contribution in [0.1, 0.15) is 19.7 Å². The second-order valence-electron chi connectivity index (χ2n) is 5.71. The van der Waals surface area contributed by atoms with Crippen molar-refractivity contribution in [1.82, 2.24) is 26.1 Å². The van der Waals surface area contributed by atoms with Crippen LogP contribution in [-0.2, 0) is 16.1 Å². The Morgan fingerprint density at radius 1 is 1.33 bits per heavy atom. The molecule has 13 heteroatoms. The molecule has 0 bridgehead atoms. The van der Waals surface area contributed by atoms with E-state index in [2.05, 4.69) is 31.9 Å². The molecule has 1 saturated heterocycles. The van der Waals surface area contributed by atoms with Gasteiger partial charge in [-0.2, -0.15) is 0 Å². The van der Waals surface area contributed by atoms with Crippen LogP contribution in [0.2, 0.25) is 0 Å². The van der Waals surface area contributed by atoms with Crippen molar-refractivity contribution in [1.29, 1.82) is 0 Å². The first kappa shape index (κ1) is 22.1. The molecule has 152 valence electrons. The van der Waals surface area contributed by atoms with Crippen molar-refractivity contribution in [2.45, 2.75) is 32.5 Å². The first-order chi connectivity index (χ1) is 12.7. The van der Waals surface area contributed by atoms with Crippen molar-refractivity contribution in [2.75, 3.05) is 31.1 Å². The molecule has 1 aliphatic heterocycles. The number of carbonyl (C=O) groups excluding carboxylic acids is 2. The van der Waals surface area contributed by atoms with Gasteiger partial charge in [0.1, 0.15) is 0 Å². The van der Waals surface area contributed by atoms with Gasteiger partial charge in [-0.05, 0) is 6.92 Å². The third-order valence-corrected chi connectivity index (χ3v) is 3.28. The van der Waals surface area contributed by atoms with Crippen molar-refractivity contribution in [3.63, 3.8) is 0 Å². The zero-order chi connectivity index (χ0) is 20.4. The number of carbonyl (C=O) groups is 3. The number of anilines is 1. The average Bonchev–Trinajstić information content (AvgIpc) is 3.06. The lowest BCUT2D eigenvalue weighted by atomic mass is 10.2. The summed E-state index contributed by atoms with van der Waals surface area (Å²) in [6.07, 6.45) is -1.22. The van der Waals surface area contributed by atoms with Gasteiger partial charge in [0.2, 0.25) is 11.8 Å². The van der Waals surface area contributed by atoms with Crippen LogP contribution in [-0.4, -0.2) is 76.6 Å². The van der Waals surface area contributed by atoms with E-state index in [-0.39, 0.29) is 18.3 Å². The fourth-order valence-electron chi connectivity index (χ4n) is 2.04. The van der Waals surface area contributed by atoms with Gasteiger partial charge in [-0.3, -0.25) is 4.79 Å². The van der Waals surface area contributed by atoms with E-state index in [0.29, 0.717) is 6.01 Å². The third-order valence-electron chi connectivity index (χ3n) is 3.28. The number of aromatic nitrogens is 2. The average molecular weight is 387 g/mol. The number of urea groups is 1. The monoisotopic (exact) mass is 387 g/mol. The third kappa shape index (κ3) is 8.33. The first-order valence-corrected chi connectivity index (χ1v) is 8.20. The number of primary amides is 1. The Hall–Kier alpha value is -2.93. The maximum atomic E-state index is 11.6. The molecule has 7 N–H and O–H groups in total. The SMILES string of the molecule is CC(N)=O.CC(O)C(NC(=O)NCc1nnc(N2CCNCC2)o1)C(=O)O. The summed E-state index contributed by atoms with van der Waals surface area (Å²) in [5.74, 6) is -1.45. The largest absolute Gasteiger partial charge is 0.480 e. The van der Waals surface area contributed by atoms with E-state index < -0.39 is 24.1 Å². The lowest BCUT2D eigenvalue weighted by Crippen LogP contribution is -2.51. The number of nitrogens with zero attached hydrogens (tertiary/aromatic N) is 3. The van der Waals surface area contributed by atoms with Crippen molar-refractivity contribution >= 4 is 23.9 Å². The Balaban J connectivity index is 0.000000828. The Morgan fingerprint density at radius 3 is 2.44 bits per heavy atom. The molecule has 0 saturated carbocycles. The predicted octanol–water partition coefficient (Wildman–Crippen LogP) is -2.40. The van der Waals surface area contributed by atoms with Crippen molar-refractivity contribution in [3.8, 4) is 0 Å². The maximum absolute atomic E-state index is 11.6. The van der Waals surface area contributed by atoms with Crippen molar-refractivity contribution in [2.24, 2.45) is 5.73 Å². The molecule has 0 aromatic carbocycles. The molecule has 2 heterocycles. The fraction of sp³-hybridized carbons (Fsp3) is 0.643. The summed E-state index contributed by atoms with van der Waals surface area (Å²) in [6, 6.07) is -1.76. The van der Waals surface area contributed by atoms with Crippen molar-refractivity contribution < 1.29 is 29.0 Å². The van der Waals surface area contributed by atoms with E-state index in [9.17, 15) is 19.5 Å². The number of rotatable bonds is 6. The van der Waals surface area contributed by atoms with E-state index >= 15 is 0 Å². The topological polar surface area (TPSA) is 196 Å². The Kier molecular flexibility index (Phi) is 8.95. The lowest BCUT2D eigenvalue weighted by Gasteiger charge is -2.24. The molecule has 0 aliphatic carbocycles. The number of hydrogen-bond donors (Lipinski definition) is 6. The molecule has 1 fully saturated rings. The molecule has 2 unspecified atom stereocenters. The summed E-state index contributed by atoms with van der Waals surface area (Å²) in [7, 11) is 0. The molecule has 2 atom stereocenters. The normalized spacial score (nSPS) is 15.7. The highest BCUT2D eigenvalue weighted by Crippen LogP contribution is 2.12. The highest BCUT2D eigenvalue weighted by atomic mass is 16.4. The first-order valence-electron chi connectivity index (χ1n) is 8.20. The van der Waals surface area contributed by atoms with Crippen LogP contribution in [0.4, 0.5) is 10.8 Å². The van der Waals surface area contributed by atoms with Gasteiger partial charge < -0.3 is 41.2 Å². The highest BCUT2D eigenvalue weighted by molar-refractivity contribution is 5.82. The fourth-order valence-corrected chi connectivity index (χ4v) is 2.04. The number of aliphatic hydroxyl groups is 1. The Morgan fingerprint density at radius 2 is 1.93 bits per heavy atom. The molecular weight excluding hydrogens is 362 g/mol. The Labute approximate surface area is 155 Å². The van der Waals surface area contributed by atoms with E-state index in [1.807, 2.05) is 4.90 Å². The minimum atomic E-state index is -1.39. The van der Waals surface area contributed by atoms with Crippen LogP contribution in [0, 0.1) is 0 Å². The van der Waals surface area contributed by atoms with Gasteiger partial charge in [-0.25, -0.2) is 9.59 Å².